The van der Waals surface area contributed by atoms with Crippen molar-refractivity contribution in [2.24, 2.45) is 5.92 Å². The van der Waals surface area contributed by atoms with Crippen LogP contribution in [0.2, 0.25) is 13.3 Å². The molecule has 0 radical (unpaired) electrons. The quantitative estimate of drug-likeness (QED) is 0.169. The maximum absolute atomic E-state index is 10.5. The van der Waals surface area contributed by atoms with Gasteiger partial charge in [-0.3, -0.25) is 0 Å². The molecule has 31 heavy (non-hydrogen) atoms. The van der Waals surface area contributed by atoms with Gasteiger partial charge in [-0.1, -0.05) is 0 Å². The number of ether oxygens (including phenoxy) is 2. The second kappa shape index (κ2) is 14.4. The summed E-state index contributed by atoms with van der Waals surface area (Å²) in [6, 6.07) is 0. The summed E-state index contributed by atoms with van der Waals surface area (Å²) < 4.78 is 17.8. The zero-order valence-electron chi connectivity index (χ0n) is 21.9. The van der Waals surface area contributed by atoms with Crippen LogP contribution < -0.4 is 0 Å². The molecule has 0 aliphatic carbocycles. The Morgan fingerprint density at radius 1 is 1.00 bits per heavy atom. The molecule has 0 aromatic heterocycles. The van der Waals surface area contributed by atoms with Crippen LogP contribution in [0.1, 0.15) is 100 Å². The van der Waals surface area contributed by atoms with E-state index in [-0.39, 0.29) is 18.8 Å². The first kappa shape index (κ1) is 29.2. The minimum absolute atomic E-state index is 0.0421. The Kier molecular flexibility index (Phi) is 13.6. The Bertz CT molecular complexity index is 545. The zero-order chi connectivity index (χ0) is 23.5. The van der Waals surface area contributed by atoms with Crippen molar-refractivity contribution in [3.8, 4) is 0 Å². The molecule has 1 heterocycles. The SMILES string of the molecule is CCC[CH2][Sn]([CH2]CCC)([CH2]CCC)/[C](=C/[C@H](C)C/C=C(\C)[C@H]1OC(C)(C)O[C@@H]1C)CO. The van der Waals surface area contributed by atoms with E-state index in [9.17, 15) is 5.11 Å². The molecule has 1 N–H and O–H groups in total. The van der Waals surface area contributed by atoms with Crippen LogP contribution in [0.15, 0.2) is 21.3 Å². The van der Waals surface area contributed by atoms with Crippen LogP contribution in [0.25, 0.3) is 0 Å². The van der Waals surface area contributed by atoms with Crippen LogP contribution in [0.3, 0.4) is 0 Å². The number of hydrogen-bond donors (Lipinski definition) is 1. The standard InChI is InChI=1S/C15H25O3.3C4H9.Sn/c1-11(7-6-10-16)8-9-12(2)14-13(3)17-15(4,5)18-14;3*1-3-4-2;/h7,9,11,13-14,16H,8,10H2,1-5H3;3*1,3-4H2,2H3;/b7-6?,12-9+;;;;/t11-,13+,14+;;;;/m0..../s1. The van der Waals surface area contributed by atoms with E-state index in [2.05, 4.69) is 53.7 Å². The van der Waals surface area contributed by atoms with E-state index >= 15 is 0 Å². The average Bonchev–Trinajstić information content (AvgIpc) is 3.02. The molecular formula is C27H52O3Sn. The van der Waals surface area contributed by atoms with Gasteiger partial charge in [-0.05, 0) is 0 Å². The summed E-state index contributed by atoms with van der Waals surface area (Å²) >= 11 is -2.53. The molecular weight excluding hydrogens is 491 g/mol. The fourth-order valence-electron chi connectivity index (χ4n) is 5.10. The van der Waals surface area contributed by atoms with Crippen molar-refractivity contribution in [1.82, 2.24) is 0 Å². The van der Waals surface area contributed by atoms with Gasteiger partial charge in [0.2, 0.25) is 0 Å². The molecule has 0 spiro atoms. The number of hydrogen-bond acceptors (Lipinski definition) is 3. The van der Waals surface area contributed by atoms with Gasteiger partial charge in [0.05, 0.1) is 0 Å². The van der Waals surface area contributed by atoms with Crippen LogP contribution in [0.5, 0.6) is 0 Å². The second-order valence-corrected chi connectivity index (χ2v) is 23.8. The molecule has 1 saturated heterocycles. The van der Waals surface area contributed by atoms with Crippen LogP contribution in [-0.4, -0.2) is 48.1 Å². The molecule has 0 saturated carbocycles. The molecule has 1 rings (SSSR count). The Hall–Kier alpha value is 0.159. The summed E-state index contributed by atoms with van der Waals surface area (Å²) in [5.74, 6) is -0.0515. The predicted octanol–water partition coefficient (Wildman–Crippen LogP) is 7.81. The number of unbranched alkanes of at least 4 members (excludes halogenated alkanes) is 3. The van der Waals surface area contributed by atoms with Gasteiger partial charge in [0.15, 0.2) is 0 Å². The fraction of sp³-hybridized carbons (Fsp3) is 0.852. The number of rotatable bonds is 15. The van der Waals surface area contributed by atoms with Gasteiger partial charge < -0.3 is 0 Å². The van der Waals surface area contributed by atoms with Crippen molar-refractivity contribution in [2.45, 2.75) is 132 Å². The van der Waals surface area contributed by atoms with Crippen molar-refractivity contribution >= 4 is 18.4 Å². The molecule has 182 valence electrons. The van der Waals surface area contributed by atoms with Crippen molar-refractivity contribution in [2.75, 3.05) is 6.61 Å². The van der Waals surface area contributed by atoms with E-state index in [0.29, 0.717) is 5.92 Å². The van der Waals surface area contributed by atoms with E-state index in [1.54, 1.807) is 0 Å². The van der Waals surface area contributed by atoms with Crippen molar-refractivity contribution in [1.29, 1.82) is 0 Å². The van der Waals surface area contributed by atoms with E-state index in [1.807, 2.05) is 13.8 Å². The number of aliphatic hydroxyl groups is 1. The summed E-state index contributed by atoms with van der Waals surface area (Å²) in [5, 5.41) is 10.5. The summed E-state index contributed by atoms with van der Waals surface area (Å²) in [5.41, 5.74) is 1.27. The Morgan fingerprint density at radius 3 is 1.90 bits per heavy atom. The van der Waals surface area contributed by atoms with Crippen LogP contribution >= 0.6 is 0 Å². The monoisotopic (exact) mass is 544 g/mol. The molecule has 0 bridgehead atoms. The summed E-state index contributed by atoms with van der Waals surface area (Å²) in [4.78, 5) is 0. The van der Waals surface area contributed by atoms with Crippen LogP contribution in [0.4, 0.5) is 0 Å². The van der Waals surface area contributed by atoms with E-state index in [0.717, 1.165) is 6.42 Å². The predicted molar refractivity (Wildman–Crippen MR) is 137 cm³/mol. The van der Waals surface area contributed by atoms with Crippen LogP contribution in [0, 0.1) is 5.92 Å². The second-order valence-electron chi connectivity index (χ2n) is 10.4. The minimum atomic E-state index is -2.53. The molecule has 0 aromatic rings. The van der Waals surface area contributed by atoms with Crippen LogP contribution in [-0.2, 0) is 9.47 Å². The topological polar surface area (TPSA) is 38.7 Å². The fourth-order valence-corrected chi connectivity index (χ4v) is 21.6. The molecule has 3 atom stereocenters. The first-order valence-electron chi connectivity index (χ1n) is 13.0. The van der Waals surface area contributed by atoms with Gasteiger partial charge in [0, 0.05) is 0 Å². The van der Waals surface area contributed by atoms with Crippen molar-refractivity contribution in [3.63, 3.8) is 0 Å². The first-order chi connectivity index (χ1) is 14.6. The van der Waals surface area contributed by atoms with Gasteiger partial charge in [-0.2, -0.15) is 0 Å². The summed E-state index contributed by atoms with van der Waals surface area (Å²) in [6.07, 6.45) is 13.8. The first-order valence-corrected chi connectivity index (χ1v) is 20.5. The number of aliphatic hydroxyl groups excluding tert-OH is 1. The third-order valence-electron chi connectivity index (χ3n) is 6.93. The van der Waals surface area contributed by atoms with E-state index < -0.39 is 24.2 Å². The molecule has 4 heteroatoms. The van der Waals surface area contributed by atoms with Crippen molar-refractivity contribution in [3.05, 3.63) is 21.3 Å². The zero-order valence-corrected chi connectivity index (χ0v) is 24.8. The molecule has 3 nitrogen and oxygen atoms in total. The normalized spacial score (nSPS) is 23.4. The molecule has 0 unspecified atom stereocenters. The summed E-state index contributed by atoms with van der Waals surface area (Å²) in [6.45, 7) is 17.8. The molecule has 0 amide bonds. The van der Waals surface area contributed by atoms with E-state index in [4.69, 9.17) is 9.47 Å². The van der Waals surface area contributed by atoms with Gasteiger partial charge in [-0.15, -0.1) is 0 Å². The van der Waals surface area contributed by atoms with Gasteiger partial charge in [0.1, 0.15) is 0 Å². The number of allylic oxidation sites excluding steroid dienone is 2. The summed E-state index contributed by atoms with van der Waals surface area (Å²) in [7, 11) is 0. The Balaban J connectivity index is 3.00. The Morgan fingerprint density at radius 2 is 1.52 bits per heavy atom. The van der Waals surface area contributed by atoms with Gasteiger partial charge >= 0.3 is 198 Å². The molecule has 0 aromatic carbocycles. The van der Waals surface area contributed by atoms with Gasteiger partial charge in [-0.25, -0.2) is 0 Å². The third kappa shape index (κ3) is 9.50. The van der Waals surface area contributed by atoms with Gasteiger partial charge in [0.25, 0.3) is 0 Å². The van der Waals surface area contributed by atoms with E-state index in [1.165, 1.54) is 61.0 Å². The van der Waals surface area contributed by atoms with Crippen molar-refractivity contribution < 1.29 is 14.6 Å². The molecule has 1 aliphatic rings. The Labute approximate surface area is 197 Å². The molecule has 1 aliphatic heterocycles. The third-order valence-corrected chi connectivity index (χ3v) is 23.0. The molecule has 1 fully saturated rings. The maximum atomic E-state index is 10.5. The average molecular weight is 543 g/mol.